The number of urea groups is 1. The van der Waals surface area contributed by atoms with Crippen molar-refractivity contribution in [3.8, 4) is 0 Å². The molecule has 1 aromatic rings. The van der Waals surface area contributed by atoms with Gasteiger partial charge in [-0.25, -0.2) is 9.59 Å². The second-order valence-corrected chi connectivity index (χ2v) is 8.09. The van der Waals surface area contributed by atoms with Crippen molar-refractivity contribution in [2.45, 2.75) is 77.2 Å². The number of amides is 2. The summed E-state index contributed by atoms with van der Waals surface area (Å²) in [5.74, 6) is -0.297. The minimum Gasteiger partial charge on any atom is -0.462 e. The van der Waals surface area contributed by atoms with Crippen LogP contribution in [-0.4, -0.2) is 24.6 Å². The number of hydrogen-bond donors (Lipinski definition) is 2. The Hall–Kier alpha value is -1.56. The quantitative estimate of drug-likeness (QED) is 0.748. The van der Waals surface area contributed by atoms with Crippen LogP contribution in [-0.2, 0) is 17.6 Å². The normalized spacial score (nSPS) is 17.6. The molecular formula is C19H28N2O3S. The van der Waals surface area contributed by atoms with Crippen molar-refractivity contribution in [3.63, 3.8) is 0 Å². The van der Waals surface area contributed by atoms with Crippen molar-refractivity contribution in [2.75, 3.05) is 11.9 Å². The summed E-state index contributed by atoms with van der Waals surface area (Å²) in [5, 5.41) is 6.66. The van der Waals surface area contributed by atoms with Gasteiger partial charge in [0.2, 0.25) is 0 Å². The summed E-state index contributed by atoms with van der Waals surface area (Å²) >= 11 is 1.54. The molecule has 2 aliphatic carbocycles. The van der Waals surface area contributed by atoms with Gasteiger partial charge in [0.25, 0.3) is 0 Å². The Balaban J connectivity index is 1.73. The highest BCUT2D eigenvalue weighted by atomic mass is 32.1. The van der Waals surface area contributed by atoms with Crippen molar-refractivity contribution in [3.05, 3.63) is 16.0 Å². The molecule has 0 radical (unpaired) electrons. The number of nitrogens with one attached hydrogen (secondary N) is 2. The third kappa shape index (κ3) is 4.54. The van der Waals surface area contributed by atoms with Gasteiger partial charge in [0, 0.05) is 10.9 Å². The molecule has 2 amide bonds. The molecule has 0 aliphatic heterocycles. The zero-order valence-corrected chi connectivity index (χ0v) is 15.8. The van der Waals surface area contributed by atoms with Gasteiger partial charge in [-0.15, -0.1) is 11.3 Å². The Kier molecular flexibility index (Phi) is 6.34. The van der Waals surface area contributed by atoms with E-state index in [4.69, 9.17) is 4.74 Å². The Labute approximate surface area is 153 Å². The summed E-state index contributed by atoms with van der Waals surface area (Å²) in [6.45, 7) is 2.39. The second kappa shape index (κ2) is 8.70. The summed E-state index contributed by atoms with van der Waals surface area (Å²) in [5.41, 5.74) is 1.68. The first kappa shape index (κ1) is 18.2. The third-order valence-corrected chi connectivity index (χ3v) is 6.19. The highest BCUT2D eigenvalue weighted by Crippen LogP contribution is 2.38. The van der Waals surface area contributed by atoms with Crippen LogP contribution in [0.1, 0.15) is 79.1 Å². The van der Waals surface area contributed by atoms with Crippen LogP contribution in [0, 0.1) is 0 Å². The number of rotatable bonds is 5. The molecule has 25 heavy (non-hydrogen) atoms. The molecule has 6 heteroatoms. The summed E-state index contributed by atoms with van der Waals surface area (Å²) in [6.07, 6.45) is 10.6. The maximum absolute atomic E-state index is 12.5. The van der Waals surface area contributed by atoms with E-state index in [1.54, 1.807) is 11.3 Å². The summed E-state index contributed by atoms with van der Waals surface area (Å²) in [6, 6.07) is 0.0499. The molecule has 3 rings (SSSR count). The minimum atomic E-state index is -0.297. The van der Waals surface area contributed by atoms with Gasteiger partial charge in [0.1, 0.15) is 5.00 Å². The zero-order valence-electron chi connectivity index (χ0n) is 15.0. The fourth-order valence-electron chi connectivity index (χ4n) is 3.71. The Bertz CT molecular complexity index is 620. The smallest absolute Gasteiger partial charge is 0.341 e. The number of carbonyl (C=O) groups excluding carboxylic acids is 2. The van der Waals surface area contributed by atoms with Crippen LogP contribution in [0.2, 0.25) is 0 Å². The van der Waals surface area contributed by atoms with Crippen molar-refractivity contribution in [1.82, 2.24) is 5.32 Å². The van der Waals surface area contributed by atoms with Crippen molar-refractivity contribution >= 4 is 28.3 Å². The van der Waals surface area contributed by atoms with Crippen molar-refractivity contribution < 1.29 is 14.3 Å². The lowest BCUT2D eigenvalue weighted by atomic mass is 9.95. The molecular weight excluding hydrogens is 336 g/mol. The molecule has 0 atom stereocenters. The van der Waals surface area contributed by atoms with Crippen LogP contribution in [0.25, 0.3) is 0 Å². The number of hydrogen-bond acceptors (Lipinski definition) is 4. The Morgan fingerprint density at radius 2 is 1.88 bits per heavy atom. The lowest BCUT2D eigenvalue weighted by Gasteiger charge is -2.22. The van der Waals surface area contributed by atoms with Gasteiger partial charge in [0.05, 0.1) is 12.2 Å². The van der Waals surface area contributed by atoms with E-state index in [9.17, 15) is 9.59 Å². The first-order chi connectivity index (χ1) is 12.2. The van der Waals surface area contributed by atoms with Gasteiger partial charge in [-0.1, -0.05) is 26.2 Å². The van der Waals surface area contributed by atoms with Crippen LogP contribution < -0.4 is 10.6 Å². The number of carbonyl (C=O) groups is 2. The van der Waals surface area contributed by atoms with Crippen LogP contribution in [0.5, 0.6) is 0 Å². The molecule has 1 aromatic heterocycles. The molecule has 1 fully saturated rings. The zero-order chi connectivity index (χ0) is 17.6. The van der Waals surface area contributed by atoms with E-state index in [1.807, 2.05) is 6.92 Å². The van der Waals surface area contributed by atoms with Gasteiger partial charge in [-0.05, 0) is 50.5 Å². The SMILES string of the molecule is CCCOC(=O)c1c(NC(=O)NC2CCCCC2)sc2c1CCCC2. The Morgan fingerprint density at radius 1 is 1.12 bits per heavy atom. The standard InChI is InChI=1S/C19H28N2O3S/c1-2-12-24-18(22)16-14-10-6-7-11-15(14)25-17(16)21-19(23)20-13-8-4-3-5-9-13/h13H,2-12H2,1H3,(H2,20,21,23). The predicted molar refractivity (Wildman–Crippen MR) is 101 cm³/mol. The summed E-state index contributed by atoms with van der Waals surface area (Å²) in [7, 11) is 0. The fraction of sp³-hybridized carbons (Fsp3) is 0.684. The molecule has 0 saturated heterocycles. The lowest BCUT2D eigenvalue weighted by molar-refractivity contribution is 0.0505. The highest BCUT2D eigenvalue weighted by molar-refractivity contribution is 7.17. The van der Waals surface area contributed by atoms with Crippen molar-refractivity contribution in [2.24, 2.45) is 0 Å². The predicted octanol–water partition coefficient (Wildman–Crippen LogP) is 4.65. The molecule has 138 valence electrons. The van der Waals surface area contributed by atoms with Gasteiger partial charge in [0.15, 0.2) is 0 Å². The maximum Gasteiger partial charge on any atom is 0.341 e. The molecule has 0 aromatic carbocycles. The molecule has 1 heterocycles. The minimum absolute atomic E-state index is 0.199. The number of esters is 1. The number of ether oxygens (including phenoxy) is 1. The van der Waals surface area contributed by atoms with Gasteiger partial charge < -0.3 is 10.1 Å². The molecule has 5 nitrogen and oxygen atoms in total. The molecule has 1 saturated carbocycles. The fourth-order valence-corrected chi connectivity index (χ4v) is 4.98. The molecule has 0 unspecified atom stereocenters. The summed E-state index contributed by atoms with van der Waals surface area (Å²) in [4.78, 5) is 26.2. The van der Waals surface area contributed by atoms with E-state index >= 15 is 0 Å². The maximum atomic E-state index is 12.5. The number of fused-ring (bicyclic) bond motifs is 1. The van der Waals surface area contributed by atoms with Gasteiger partial charge in [-0.3, -0.25) is 5.32 Å². The number of anilines is 1. The van der Waals surface area contributed by atoms with E-state index < -0.39 is 0 Å². The highest BCUT2D eigenvalue weighted by Gasteiger charge is 2.27. The Morgan fingerprint density at radius 3 is 2.64 bits per heavy atom. The molecule has 0 bridgehead atoms. The number of aryl methyl sites for hydroxylation is 1. The van der Waals surface area contributed by atoms with E-state index in [0.717, 1.165) is 50.5 Å². The van der Waals surface area contributed by atoms with E-state index in [-0.39, 0.29) is 18.0 Å². The monoisotopic (exact) mass is 364 g/mol. The average molecular weight is 365 g/mol. The average Bonchev–Trinajstić information content (AvgIpc) is 2.98. The number of thiophene rings is 1. The summed E-state index contributed by atoms with van der Waals surface area (Å²) < 4.78 is 5.37. The topological polar surface area (TPSA) is 67.4 Å². The first-order valence-corrected chi connectivity index (χ1v) is 10.4. The lowest BCUT2D eigenvalue weighted by Crippen LogP contribution is -2.39. The first-order valence-electron chi connectivity index (χ1n) is 9.58. The van der Waals surface area contributed by atoms with Gasteiger partial charge >= 0.3 is 12.0 Å². The third-order valence-electron chi connectivity index (χ3n) is 4.98. The largest absolute Gasteiger partial charge is 0.462 e. The van der Waals surface area contributed by atoms with Crippen molar-refractivity contribution in [1.29, 1.82) is 0 Å². The molecule has 2 aliphatic rings. The van der Waals surface area contributed by atoms with E-state index in [0.29, 0.717) is 17.2 Å². The van der Waals surface area contributed by atoms with E-state index in [2.05, 4.69) is 10.6 Å². The molecule has 0 spiro atoms. The second-order valence-electron chi connectivity index (χ2n) is 6.98. The van der Waals surface area contributed by atoms with Crippen LogP contribution in [0.4, 0.5) is 9.80 Å². The van der Waals surface area contributed by atoms with Crippen LogP contribution in [0.3, 0.4) is 0 Å². The van der Waals surface area contributed by atoms with Crippen LogP contribution in [0.15, 0.2) is 0 Å². The van der Waals surface area contributed by atoms with E-state index in [1.165, 1.54) is 24.1 Å². The molecule has 2 N–H and O–H groups in total. The van der Waals surface area contributed by atoms with Crippen LogP contribution >= 0.6 is 11.3 Å². The van der Waals surface area contributed by atoms with Gasteiger partial charge in [-0.2, -0.15) is 0 Å².